The Bertz CT molecular complexity index is 744. The molecule has 0 radical (unpaired) electrons. The second-order valence-electron chi connectivity index (χ2n) is 4.59. The van der Waals surface area contributed by atoms with Crippen molar-refractivity contribution < 1.29 is 13.1 Å². The summed E-state index contributed by atoms with van der Waals surface area (Å²) >= 11 is 6.14. The lowest BCUT2D eigenvalue weighted by Gasteiger charge is -2.14. The van der Waals surface area contributed by atoms with E-state index in [1.54, 1.807) is 13.0 Å². The fourth-order valence-electron chi connectivity index (χ4n) is 1.91. The molecular formula is C14H14ClNO3S. The van der Waals surface area contributed by atoms with E-state index in [4.69, 9.17) is 11.6 Å². The van der Waals surface area contributed by atoms with Gasteiger partial charge in [-0.15, -0.1) is 0 Å². The summed E-state index contributed by atoms with van der Waals surface area (Å²) < 4.78 is 24.0. The van der Waals surface area contributed by atoms with Gasteiger partial charge in [-0.25, -0.2) is 8.42 Å². The number of hydrogen-bond acceptors (Lipinski definition) is 3. The number of hydrogen-bond donors (Lipinski definition) is 0. The van der Waals surface area contributed by atoms with Crippen molar-refractivity contribution in [2.45, 2.75) is 23.6 Å². The molecular weight excluding hydrogens is 298 g/mol. The Kier molecular flexibility index (Phi) is 4.01. The van der Waals surface area contributed by atoms with E-state index in [-0.39, 0.29) is 5.03 Å². The Morgan fingerprint density at radius 3 is 2.55 bits per heavy atom. The second kappa shape index (κ2) is 5.42. The Hall–Kier alpha value is -1.59. The molecule has 1 unspecified atom stereocenters. The third-order valence-corrected chi connectivity index (χ3v) is 5.67. The van der Waals surface area contributed by atoms with Crippen LogP contribution >= 0.6 is 11.6 Å². The molecule has 1 aromatic heterocycles. The molecule has 6 heteroatoms. The smallest absolute Gasteiger partial charge is 0.310 e. The molecule has 0 aliphatic heterocycles. The number of aryl methyl sites for hydroxylation is 2. The van der Waals surface area contributed by atoms with Gasteiger partial charge in [0.1, 0.15) is 0 Å². The quantitative estimate of drug-likeness (QED) is 0.497. The lowest BCUT2D eigenvalue weighted by molar-refractivity contribution is -0.646. The molecule has 1 heterocycles. The zero-order chi connectivity index (χ0) is 14.9. The molecule has 20 heavy (non-hydrogen) atoms. The summed E-state index contributed by atoms with van der Waals surface area (Å²) in [6.45, 7) is 3.64. The standard InChI is InChI=1S/C14H14ClNO3S/c1-10-6-7-11(2)12(9-10)14(15)20(18,19)13-5-3-4-8-16(13)17/h3-9,14H,1-2H3. The highest BCUT2D eigenvalue weighted by atomic mass is 35.5. The normalized spacial score (nSPS) is 13.2. The largest absolute Gasteiger partial charge is 0.618 e. The van der Waals surface area contributed by atoms with Crippen molar-refractivity contribution in [3.05, 3.63) is 64.5 Å². The minimum atomic E-state index is -3.95. The highest BCUT2D eigenvalue weighted by Gasteiger charge is 2.34. The van der Waals surface area contributed by atoms with Gasteiger partial charge in [0.05, 0.1) is 0 Å². The molecule has 0 saturated carbocycles. The first kappa shape index (κ1) is 14.8. The van der Waals surface area contributed by atoms with Gasteiger partial charge in [0.2, 0.25) is 0 Å². The van der Waals surface area contributed by atoms with E-state index in [0.29, 0.717) is 10.3 Å². The summed E-state index contributed by atoms with van der Waals surface area (Å²) in [7, 11) is -3.95. The van der Waals surface area contributed by atoms with Gasteiger partial charge >= 0.3 is 5.03 Å². The van der Waals surface area contributed by atoms with Crippen LogP contribution < -0.4 is 4.73 Å². The monoisotopic (exact) mass is 311 g/mol. The fraction of sp³-hybridized carbons (Fsp3) is 0.214. The minimum absolute atomic E-state index is 0.315. The molecule has 0 saturated heterocycles. The summed E-state index contributed by atoms with van der Waals surface area (Å²) in [6.07, 6.45) is 1.14. The summed E-state index contributed by atoms with van der Waals surface area (Å²) in [5, 5.41) is 11.3. The third kappa shape index (κ3) is 2.64. The van der Waals surface area contributed by atoms with E-state index in [9.17, 15) is 13.6 Å². The Labute approximate surface area is 123 Å². The van der Waals surface area contributed by atoms with Crippen LogP contribution in [-0.4, -0.2) is 8.42 Å². The SMILES string of the molecule is Cc1ccc(C)c(C(Cl)S(=O)(=O)c2cccc[n+]2[O-])c1. The number of nitrogens with zero attached hydrogens (tertiary/aromatic N) is 1. The van der Waals surface area contributed by atoms with E-state index in [2.05, 4.69) is 0 Å². The molecule has 0 aliphatic carbocycles. The number of benzene rings is 1. The lowest BCUT2D eigenvalue weighted by atomic mass is 10.1. The first-order valence-corrected chi connectivity index (χ1v) is 7.95. The molecule has 0 N–H and O–H groups in total. The van der Waals surface area contributed by atoms with Crippen LogP contribution in [-0.2, 0) is 9.84 Å². The van der Waals surface area contributed by atoms with Gasteiger partial charge in [-0.3, -0.25) is 0 Å². The van der Waals surface area contributed by atoms with Crippen LogP contribution in [0.15, 0.2) is 47.6 Å². The Balaban J connectivity index is 2.55. The van der Waals surface area contributed by atoms with Crippen LogP contribution in [0.4, 0.5) is 0 Å². The lowest BCUT2D eigenvalue weighted by Crippen LogP contribution is -2.34. The number of aromatic nitrogens is 1. The molecule has 4 nitrogen and oxygen atoms in total. The van der Waals surface area contributed by atoms with Crippen molar-refractivity contribution in [3.63, 3.8) is 0 Å². The molecule has 1 atom stereocenters. The molecule has 0 spiro atoms. The van der Waals surface area contributed by atoms with E-state index >= 15 is 0 Å². The second-order valence-corrected chi connectivity index (χ2v) is 7.26. The molecule has 0 amide bonds. The first-order valence-electron chi connectivity index (χ1n) is 5.97. The van der Waals surface area contributed by atoms with Crippen molar-refractivity contribution in [1.29, 1.82) is 0 Å². The predicted molar refractivity (Wildman–Crippen MR) is 77.1 cm³/mol. The van der Waals surface area contributed by atoms with Crippen molar-refractivity contribution in [2.24, 2.45) is 0 Å². The van der Waals surface area contributed by atoms with Crippen molar-refractivity contribution in [3.8, 4) is 0 Å². The van der Waals surface area contributed by atoms with Gasteiger partial charge < -0.3 is 5.21 Å². The third-order valence-electron chi connectivity index (χ3n) is 3.03. The summed E-state index contributed by atoms with van der Waals surface area (Å²) in [4.78, 5) is 0. The highest BCUT2D eigenvalue weighted by molar-refractivity contribution is 7.92. The van der Waals surface area contributed by atoms with E-state index < -0.39 is 14.5 Å². The highest BCUT2D eigenvalue weighted by Crippen LogP contribution is 2.33. The van der Waals surface area contributed by atoms with Crippen LogP contribution in [0.5, 0.6) is 0 Å². The van der Waals surface area contributed by atoms with Gasteiger partial charge in [-0.1, -0.05) is 35.4 Å². The molecule has 1 aromatic carbocycles. The van der Waals surface area contributed by atoms with E-state index in [0.717, 1.165) is 17.3 Å². The predicted octanol–water partition coefficient (Wildman–Crippen LogP) is 2.65. The molecule has 0 bridgehead atoms. The van der Waals surface area contributed by atoms with E-state index in [1.165, 1.54) is 18.2 Å². The summed E-state index contributed by atoms with van der Waals surface area (Å²) in [5.41, 5.74) is 2.18. The van der Waals surface area contributed by atoms with E-state index in [1.807, 2.05) is 19.1 Å². The van der Waals surface area contributed by atoms with Crippen LogP contribution in [0.1, 0.15) is 21.4 Å². The number of pyridine rings is 1. The summed E-state index contributed by atoms with van der Waals surface area (Å²) in [6, 6.07) is 9.63. The van der Waals surface area contributed by atoms with Crippen LogP contribution in [0.2, 0.25) is 0 Å². The Morgan fingerprint density at radius 1 is 1.20 bits per heavy atom. The topological polar surface area (TPSA) is 61.1 Å². The van der Waals surface area contributed by atoms with Gasteiger partial charge in [-0.05, 0) is 31.0 Å². The maximum absolute atomic E-state index is 12.5. The fourth-order valence-corrected chi connectivity index (χ4v) is 3.80. The number of rotatable bonds is 3. The number of sulfone groups is 1. The van der Waals surface area contributed by atoms with Gasteiger partial charge in [0.25, 0.3) is 9.84 Å². The average Bonchev–Trinajstić information content (AvgIpc) is 2.41. The number of alkyl halides is 1. The zero-order valence-corrected chi connectivity index (χ0v) is 12.6. The number of halogens is 1. The van der Waals surface area contributed by atoms with Gasteiger partial charge in [0.15, 0.2) is 10.9 Å². The minimum Gasteiger partial charge on any atom is -0.618 e. The van der Waals surface area contributed by atoms with Crippen molar-refractivity contribution in [1.82, 2.24) is 0 Å². The van der Waals surface area contributed by atoms with Crippen LogP contribution in [0, 0.1) is 19.1 Å². The molecule has 0 aliphatic rings. The molecule has 2 aromatic rings. The summed E-state index contributed by atoms with van der Waals surface area (Å²) in [5.74, 6) is 0. The maximum Gasteiger partial charge on any atom is 0.310 e. The van der Waals surface area contributed by atoms with Gasteiger partial charge in [-0.2, -0.15) is 4.73 Å². The molecule has 2 rings (SSSR count). The zero-order valence-electron chi connectivity index (χ0n) is 11.1. The first-order chi connectivity index (χ1) is 9.34. The average molecular weight is 312 g/mol. The van der Waals surface area contributed by atoms with Crippen molar-refractivity contribution in [2.75, 3.05) is 0 Å². The van der Waals surface area contributed by atoms with Gasteiger partial charge in [0, 0.05) is 12.1 Å². The Morgan fingerprint density at radius 2 is 1.90 bits per heavy atom. The maximum atomic E-state index is 12.5. The van der Waals surface area contributed by atoms with Crippen LogP contribution in [0.3, 0.4) is 0 Å². The van der Waals surface area contributed by atoms with Crippen molar-refractivity contribution >= 4 is 21.4 Å². The molecule has 106 valence electrons. The molecule has 0 fully saturated rings. The van der Waals surface area contributed by atoms with Crippen LogP contribution in [0.25, 0.3) is 0 Å².